The van der Waals surface area contributed by atoms with E-state index in [2.05, 4.69) is 10.6 Å². The summed E-state index contributed by atoms with van der Waals surface area (Å²) in [6.45, 7) is 5.86. The summed E-state index contributed by atoms with van der Waals surface area (Å²) in [4.78, 5) is 22.9. The van der Waals surface area contributed by atoms with E-state index in [1.807, 2.05) is 13.8 Å². The molecule has 3 rings (SSSR count). The minimum atomic E-state index is -0.539. The molecule has 6 heteroatoms. The predicted molar refractivity (Wildman–Crippen MR) is 86.9 cm³/mol. The Balaban J connectivity index is 1.66. The Morgan fingerprint density at radius 1 is 1.30 bits per heavy atom. The van der Waals surface area contributed by atoms with Gasteiger partial charge in [-0.1, -0.05) is 0 Å². The van der Waals surface area contributed by atoms with Gasteiger partial charge in [0.25, 0.3) is 5.69 Å². The first kappa shape index (κ1) is 15.9. The van der Waals surface area contributed by atoms with Gasteiger partial charge in [0.05, 0.1) is 10.5 Å². The number of nitrogens with one attached hydrogen (secondary N) is 2. The Hall–Kier alpha value is -1.95. The number of carbonyl (C=O) groups is 1. The summed E-state index contributed by atoms with van der Waals surface area (Å²) >= 11 is 0. The summed E-state index contributed by atoms with van der Waals surface area (Å²) < 4.78 is 0. The normalized spacial score (nSPS) is 22.6. The standard InChI is InChI=1S/C17H23N3O3/c1-16(2,12-3-5-13(6-4-12)20(22)23)19-15(21)14-11-17(14)7-9-18-10-8-17/h3-6,14,18H,7-11H2,1-2H3,(H,19,21). The molecule has 0 radical (unpaired) electrons. The van der Waals surface area contributed by atoms with Gasteiger partial charge in [-0.2, -0.15) is 0 Å². The van der Waals surface area contributed by atoms with Crippen LogP contribution in [-0.4, -0.2) is 23.9 Å². The van der Waals surface area contributed by atoms with Gasteiger partial charge in [0.2, 0.25) is 5.91 Å². The van der Waals surface area contributed by atoms with E-state index >= 15 is 0 Å². The highest BCUT2D eigenvalue weighted by Crippen LogP contribution is 2.58. The van der Waals surface area contributed by atoms with E-state index in [0.717, 1.165) is 37.9 Å². The highest BCUT2D eigenvalue weighted by atomic mass is 16.6. The summed E-state index contributed by atoms with van der Waals surface area (Å²) in [5.41, 5.74) is 0.604. The van der Waals surface area contributed by atoms with Gasteiger partial charge in [-0.3, -0.25) is 14.9 Å². The zero-order chi connectivity index (χ0) is 16.7. The van der Waals surface area contributed by atoms with Crippen LogP contribution < -0.4 is 10.6 Å². The molecule has 6 nitrogen and oxygen atoms in total. The molecule has 124 valence electrons. The number of non-ortho nitro benzene ring substituents is 1. The number of hydrogen-bond donors (Lipinski definition) is 2. The van der Waals surface area contributed by atoms with Crippen LogP contribution in [0.5, 0.6) is 0 Å². The topological polar surface area (TPSA) is 84.3 Å². The fourth-order valence-corrected chi connectivity index (χ4v) is 3.66. The number of piperidine rings is 1. The second kappa shape index (κ2) is 5.60. The predicted octanol–water partition coefficient (Wildman–Crippen LogP) is 2.34. The molecular formula is C17H23N3O3. The van der Waals surface area contributed by atoms with Gasteiger partial charge < -0.3 is 10.6 Å². The number of nitro benzene ring substituents is 1. The molecule has 1 aromatic rings. The monoisotopic (exact) mass is 317 g/mol. The maximum Gasteiger partial charge on any atom is 0.269 e. The first-order valence-corrected chi connectivity index (χ1v) is 8.12. The Morgan fingerprint density at radius 2 is 1.91 bits per heavy atom. The fourth-order valence-electron chi connectivity index (χ4n) is 3.66. The van der Waals surface area contributed by atoms with Crippen molar-refractivity contribution in [3.8, 4) is 0 Å². The van der Waals surface area contributed by atoms with Crippen molar-refractivity contribution in [1.82, 2.24) is 10.6 Å². The number of benzene rings is 1. The molecule has 1 saturated carbocycles. The summed E-state index contributed by atoms with van der Waals surface area (Å²) in [5.74, 6) is 0.220. The molecule has 0 aromatic heterocycles. The van der Waals surface area contributed by atoms with Crippen molar-refractivity contribution in [3.05, 3.63) is 39.9 Å². The molecular weight excluding hydrogens is 294 g/mol. The van der Waals surface area contributed by atoms with E-state index in [1.165, 1.54) is 12.1 Å². The lowest BCUT2D eigenvalue weighted by molar-refractivity contribution is -0.384. The van der Waals surface area contributed by atoms with E-state index in [9.17, 15) is 14.9 Å². The molecule has 1 aliphatic heterocycles. The van der Waals surface area contributed by atoms with Crippen molar-refractivity contribution in [2.75, 3.05) is 13.1 Å². The van der Waals surface area contributed by atoms with E-state index in [0.29, 0.717) is 0 Å². The molecule has 1 spiro atoms. The zero-order valence-corrected chi connectivity index (χ0v) is 13.6. The maximum atomic E-state index is 12.6. The van der Waals surface area contributed by atoms with Gasteiger partial charge in [-0.25, -0.2) is 0 Å². The Labute approximate surface area is 135 Å². The van der Waals surface area contributed by atoms with Gasteiger partial charge in [0.15, 0.2) is 0 Å². The van der Waals surface area contributed by atoms with Gasteiger partial charge in [0.1, 0.15) is 0 Å². The largest absolute Gasteiger partial charge is 0.347 e. The van der Waals surface area contributed by atoms with Gasteiger partial charge in [-0.05, 0) is 69.3 Å². The molecule has 1 saturated heterocycles. The third-order valence-electron chi connectivity index (χ3n) is 5.34. The maximum absolute atomic E-state index is 12.6. The van der Waals surface area contributed by atoms with Crippen LogP contribution in [0.3, 0.4) is 0 Å². The third kappa shape index (κ3) is 3.08. The molecule has 2 N–H and O–H groups in total. The van der Waals surface area contributed by atoms with Crippen molar-refractivity contribution in [2.45, 2.75) is 38.6 Å². The van der Waals surface area contributed by atoms with E-state index in [1.54, 1.807) is 12.1 Å². The van der Waals surface area contributed by atoms with Crippen molar-refractivity contribution >= 4 is 11.6 Å². The molecule has 1 aliphatic carbocycles. The lowest BCUT2D eigenvalue weighted by Crippen LogP contribution is -2.43. The van der Waals surface area contributed by atoms with E-state index < -0.39 is 10.5 Å². The van der Waals surface area contributed by atoms with Crippen LogP contribution in [0, 0.1) is 21.4 Å². The number of rotatable bonds is 4. The molecule has 1 atom stereocenters. The van der Waals surface area contributed by atoms with Crippen molar-refractivity contribution < 1.29 is 9.72 Å². The number of carbonyl (C=O) groups excluding carboxylic acids is 1. The summed E-state index contributed by atoms with van der Waals surface area (Å²) in [6.07, 6.45) is 3.13. The van der Waals surface area contributed by atoms with Gasteiger partial charge in [0, 0.05) is 18.1 Å². The van der Waals surface area contributed by atoms with Crippen LogP contribution in [0.4, 0.5) is 5.69 Å². The van der Waals surface area contributed by atoms with Crippen LogP contribution in [0.25, 0.3) is 0 Å². The van der Waals surface area contributed by atoms with Crippen LogP contribution in [0.1, 0.15) is 38.7 Å². The van der Waals surface area contributed by atoms with Crippen LogP contribution in [-0.2, 0) is 10.3 Å². The fraction of sp³-hybridized carbons (Fsp3) is 0.588. The van der Waals surface area contributed by atoms with Gasteiger partial charge >= 0.3 is 0 Å². The molecule has 1 unspecified atom stereocenters. The van der Waals surface area contributed by atoms with E-state index in [4.69, 9.17) is 0 Å². The first-order chi connectivity index (χ1) is 10.8. The van der Waals surface area contributed by atoms with E-state index in [-0.39, 0.29) is 22.9 Å². The summed E-state index contributed by atoms with van der Waals surface area (Å²) in [6, 6.07) is 6.39. The average Bonchev–Trinajstić information content (AvgIpc) is 3.21. The quantitative estimate of drug-likeness (QED) is 0.659. The molecule has 23 heavy (non-hydrogen) atoms. The third-order valence-corrected chi connectivity index (χ3v) is 5.34. The summed E-state index contributed by atoms with van der Waals surface area (Å²) in [5, 5.41) is 17.2. The highest BCUT2D eigenvalue weighted by Gasteiger charge is 2.58. The number of nitro groups is 1. The lowest BCUT2D eigenvalue weighted by Gasteiger charge is -2.28. The molecule has 1 heterocycles. The second-order valence-electron chi connectivity index (χ2n) is 7.29. The molecule has 2 aliphatic rings. The molecule has 0 bridgehead atoms. The molecule has 1 amide bonds. The second-order valence-corrected chi connectivity index (χ2v) is 7.29. The number of amides is 1. The minimum absolute atomic E-state index is 0.0618. The van der Waals surface area contributed by atoms with Crippen LogP contribution in [0.2, 0.25) is 0 Å². The SMILES string of the molecule is CC(C)(NC(=O)C1CC12CCNCC2)c1ccc([N+](=O)[O-])cc1. The Morgan fingerprint density at radius 3 is 2.48 bits per heavy atom. The first-order valence-electron chi connectivity index (χ1n) is 8.12. The van der Waals surface area contributed by atoms with Crippen LogP contribution in [0.15, 0.2) is 24.3 Å². The number of hydrogen-bond acceptors (Lipinski definition) is 4. The highest BCUT2D eigenvalue weighted by molar-refractivity contribution is 5.83. The Kier molecular flexibility index (Phi) is 3.88. The minimum Gasteiger partial charge on any atom is -0.347 e. The zero-order valence-electron chi connectivity index (χ0n) is 13.6. The number of nitrogens with zero attached hydrogens (tertiary/aromatic N) is 1. The smallest absolute Gasteiger partial charge is 0.269 e. The molecule has 1 aromatic carbocycles. The van der Waals surface area contributed by atoms with Crippen molar-refractivity contribution in [1.29, 1.82) is 0 Å². The van der Waals surface area contributed by atoms with Crippen LogP contribution >= 0.6 is 0 Å². The lowest BCUT2D eigenvalue weighted by atomic mass is 9.90. The van der Waals surface area contributed by atoms with Crippen molar-refractivity contribution in [3.63, 3.8) is 0 Å². The summed E-state index contributed by atoms with van der Waals surface area (Å²) in [7, 11) is 0. The Bertz CT molecular complexity index is 618. The van der Waals surface area contributed by atoms with Crippen molar-refractivity contribution in [2.24, 2.45) is 11.3 Å². The van der Waals surface area contributed by atoms with Gasteiger partial charge in [-0.15, -0.1) is 0 Å². The average molecular weight is 317 g/mol. The molecule has 2 fully saturated rings.